The highest BCUT2D eigenvalue weighted by molar-refractivity contribution is 7.99. The fraction of sp³-hybridized carbons (Fsp3) is 0.200. The summed E-state index contributed by atoms with van der Waals surface area (Å²) in [5.41, 5.74) is 1.37. The molecule has 2 heterocycles. The van der Waals surface area contributed by atoms with Crippen LogP contribution >= 0.6 is 11.8 Å². The van der Waals surface area contributed by atoms with Gasteiger partial charge in [0.25, 0.3) is 5.56 Å². The van der Waals surface area contributed by atoms with Crippen LogP contribution in [0.4, 0.5) is 5.69 Å². The number of aromatic amines is 1. The third-order valence-corrected chi connectivity index (χ3v) is 5.32. The second-order valence-electron chi connectivity index (χ2n) is 6.72. The number of H-pyrrole nitrogens is 1. The molecule has 7 nitrogen and oxygen atoms in total. The van der Waals surface area contributed by atoms with Crippen molar-refractivity contribution >= 4 is 39.9 Å². The van der Waals surface area contributed by atoms with Crippen LogP contribution in [-0.2, 0) is 4.79 Å². The number of benzene rings is 2. The quantitative estimate of drug-likeness (QED) is 0.507. The Bertz CT molecular complexity index is 1220. The highest BCUT2D eigenvalue weighted by atomic mass is 32.2. The van der Waals surface area contributed by atoms with Crippen molar-refractivity contribution in [2.45, 2.75) is 24.9 Å². The van der Waals surface area contributed by atoms with Gasteiger partial charge in [-0.25, -0.2) is 0 Å². The van der Waals surface area contributed by atoms with Crippen molar-refractivity contribution in [3.63, 3.8) is 0 Å². The maximum absolute atomic E-state index is 12.5. The number of carbonyl (C=O) groups is 1. The summed E-state index contributed by atoms with van der Waals surface area (Å²) in [6.45, 7) is 3.99. The molecule has 0 unspecified atom stereocenters. The average molecular weight is 393 g/mol. The van der Waals surface area contributed by atoms with E-state index < -0.39 is 0 Å². The summed E-state index contributed by atoms with van der Waals surface area (Å²) in [7, 11) is 0. The van der Waals surface area contributed by atoms with E-state index in [0.29, 0.717) is 10.9 Å². The Balaban J connectivity index is 1.55. The van der Waals surface area contributed by atoms with Crippen LogP contribution in [0.15, 0.2) is 58.5 Å². The Morgan fingerprint density at radius 1 is 1.18 bits per heavy atom. The molecule has 0 spiro atoms. The smallest absolute Gasteiger partial charge is 0.252 e. The van der Waals surface area contributed by atoms with Gasteiger partial charge in [-0.15, -0.1) is 10.2 Å². The highest BCUT2D eigenvalue weighted by Crippen LogP contribution is 2.24. The predicted molar refractivity (Wildman–Crippen MR) is 111 cm³/mol. The van der Waals surface area contributed by atoms with Crippen molar-refractivity contribution in [3.8, 4) is 0 Å². The number of hydrogen-bond acceptors (Lipinski definition) is 5. The lowest BCUT2D eigenvalue weighted by Gasteiger charge is -2.10. The molecule has 8 heteroatoms. The van der Waals surface area contributed by atoms with Gasteiger partial charge in [-0.3, -0.25) is 19.0 Å². The van der Waals surface area contributed by atoms with E-state index in [-0.39, 0.29) is 23.1 Å². The van der Waals surface area contributed by atoms with Crippen molar-refractivity contribution < 1.29 is 4.79 Å². The summed E-state index contributed by atoms with van der Waals surface area (Å²) in [5, 5.41) is 13.8. The van der Waals surface area contributed by atoms with Crippen molar-refractivity contribution in [2.24, 2.45) is 0 Å². The fourth-order valence-corrected chi connectivity index (χ4v) is 3.85. The monoisotopic (exact) mass is 393 g/mol. The lowest BCUT2D eigenvalue weighted by molar-refractivity contribution is -0.113. The lowest BCUT2D eigenvalue weighted by Crippen LogP contribution is -2.15. The van der Waals surface area contributed by atoms with Gasteiger partial charge in [-0.2, -0.15) is 0 Å². The number of anilines is 1. The molecule has 0 aliphatic rings. The molecule has 0 aliphatic carbocycles. The molecule has 0 bridgehead atoms. The number of nitrogens with one attached hydrogen (secondary N) is 2. The Hall–Kier alpha value is -3.13. The lowest BCUT2D eigenvalue weighted by atomic mass is 10.1. The van der Waals surface area contributed by atoms with E-state index in [1.54, 1.807) is 10.5 Å². The first-order valence-electron chi connectivity index (χ1n) is 8.91. The van der Waals surface area contributed by atoms with Crippen molar-refractivity contribution in [1.29, 1.82) is 0 Å². The molecule has 0 saturated carbocycles. The molecular weight excluding hydrogens is 374 g/mol. The summed E-state index contributed by atoms with van der Waals surface area (Å²) >= 11 is 1.28. The molecule has 0 aliphatic heterocycles. The van der Waals surface area contributed by atoms with Gasteiger partial charge in [0.2, 0.25) is 11.7 Å². The van der Waals surface area contributed by atoms with E-state index in [2.05, 4.69) is 20.5 Å². The predicted octanol–water partition coefficient (Wildman–Crippen LogP) is 3.43. The minimum absolute atomic E-state index is 0.115. The number of thioether (sulfide) groups is 1. The Morgan fingerprint density at radius 2 is 1.96 bits per heavy atom. The highest BCUT2D eigenvalue weighted by Gasteiger charge is 2.15. The number of fused-ring (bicyclic) bond motifs is 2. The minimum atomic E-state index is -0.214. The zero-order valence-electron chi connectivity index (χ0n) is 15.5. The molecule has 28 heavy (non-hydrogen) atoms. The molecule has 1 amide bonds. The summed E-state index contributed by atoms with van der Waals surface area (Å²) in [4.78, 5) is 27.0. The summed E-state index contributed by atoms with van der Waals surface area (Å²) in [6, 6.07) is 15.3. The topological polar surface area (TPSA) is 92.2 Å². The van der Waals surface area contributed by atoms with Crippen LogP contribution in [0.2, 0.25) is 0 Å². The summed E-state index contributed by atoms with van der Waals surface area (Å²) < 4.78 is 1.79. The van der Waals surface area contributed by atoms with Crippen LogP contribution in [0.25, 0.3) is 16.6 Å². The van der Waals surface area contributed by atoms with E-state index in [0.717, 1.165) is 22.2 Å². The summed E-state index contributed by atoms with van der Waals surface area (Å²) in [6.07, 6.45) is 0. The minimum Gasteiger partial charge on any atom is -0.325 e. The van der Waals surface area contributed by atoms with Gasteiger partial charge in [0.15, 0.2) is 5.16 Å². The van der Waals surface area contributed by atoms with Crippen LogP contribution in [0.3, 0.4) is 0 Å². The van der Waals surface area contributed by atoms with Gasteiger partial charge in [0.05, 0.1) is 5.75 Å². The number of hydrogen-bond donors (Lipinski definition) is 2. The number of carbonyl (C=O) groups excluding carboxylic acids is 1. The standard InChI is InChI=1S/C20H19N5O2S/c1-12(2)16-10-17(26)22-19-23-24-20(25(16)19)28-11-18(27)21-15-9-5-7-13-6-3-4-8-14(13)15/h3-10,12H,11H2,1-2H3,(H,21,27)(H,22,23,26). The molecule has 2 N–H and O–H groups in total. The molecular formula is C20H19N5O2S. The molecule has 2 aromatic heterocycles. The Kier molecular flexibility index (Phi) is 4.87. The largest absolute Gasteiger partial charge is 0.325 e. The molecule has 142 valence electrons. The van der Waals surface area contributed by atoms with E-state index in [1.807, 2.05) is 56.3 Å². The third kappa shape index (κ3) is 3.50. The van der Waals surface area contributed by atoms with Crippen molar-refractivity contribution in [3.05, 3.63) is 64.6 Å². The van der Waals surface area contributed by atoms with Gasteiger partial charge in [0, 0.05) is 22.8 Å². The van der Waals surface area contributed by atoms with Crippen LogP contribution in [0.1, 0.15) is 25.5 Å². The first-order chi connectivity index (χ1) is 13.5. The molecule has 0 fully saturated rings. The number of aromatic nitrogens is 4. The zero-order valence-corrected chi connectivity index (χ0v) is 16.3. The van der Waals surface area contributed by atoms with Crippen LogP contribution < -0.4 is 10.9 Å². The molecule has 0 saturated heterocycles. The SMILES string of the molecule is CC(C)c1cc(=O)[nH]c2nnc(SCC(=O)Nc3cccc4ccccc34)n12. The van der Waals surface area contributed by atoms with Gasteiger partial charge >= 0.3 is 0 Å². The Labute approximate surface area is 165 Å². The zero-order chi connectivity index (χ0) is 19.7. The molecule has 4 aromatic rings. The molecule has 4 rings (SSSR count). The molecule has 2 aromatic carbocycles. The third-order valence-electron chi connectivity index (χ3n) is 4.39. The number of amides is 1. The van der Waals surface area contributed by atoms with Gasteiger partial charge in [-0.05, 0) is 17.4 Å². The van der Waals surface area contributed by atoms with Gasteiger partial charge in [-0.1, -0.05) is 62.0 Å². The van der Waals surface area contributed by atoms with E-state index in [9.17, 15) is 9.59 Å². The van der Waals surface area contributed by atoms with Crippen molar-refractivity contribution in [1.82, 2.24) is 19.6 Å². The van der Waals surface area contributed by atoms with E-state index in [1.165, 1.54) is 11.8 Å². The number of rotatable bonds is 5. The van der Waals surface area contributed by atoms with Gasteiger partial charge in [0.1, 0.15) is 0 Å². The summed E-state index contributed by atoms with van der Waals surface area (Å²) in [5.74, 6) is 0.548. The first-order valence-corrected chi connectivity index (χ1v) is 9.90. The van der Waals surface area contributed by atoms with Crippen molar-refractivity contribution in [2.75, 3.05) is 11.1 Å². The normalized spacial score (nSPS) is 11.4. The van der Waals surface area contributed by atoms with E-state index in [4.69, 9.17) is 0 Å². The average Bonchev–Trinajstić information content (AvgIpc) is 3.08. The second-order valence-corrected chi connectivity index (χ2v) is 7.66. The second kappa shape index (κ2) is 7.47. The maximum Gasteiger partial charge on any atom is 0.252 e. The van der Waals surface area contributed by atoms with Crippen LogP contribution in [0, 0.1) is 0 Å². The fourth-order valence-electron chi connectivity index (χ4n) is 3.10. The van der Waals surface area contributed by atoms with E-state index >= 15 is 0 Å². The molecule has 0 radical (unpaired) electrons. The first kappa shape index (κ1) is 18.2. The van der Waals surface area contributed by atoms with Crippen LogP contribution in [0.5, 0.6) is 0 Å². The molecule has 0 atom stereocenters. The van der Waals surface area contributed by atoms with Gasteiger partial charge < -0.3 is 5.32 Å². The Morgan fingerprint density at radius 3 is 2.79 bits per heavy atom. The van der Waals surface area contributed by atoms with Crippen LogP contribution in [-0.4, -0.2) is 31.2 Å². The number of nitrogens with zero attached hydrogens (tertiary/aromatic N) is 3. The maximum atomic E-state index is 12.5.